The lowest BCUT2D eigenvalue weighted by atomic mass is 10.1. The second-order valence-electron chi connectivity index (χ2n) is 4.20. The number of halogens is 4. The molecule has 1 aliphatic carbocycles. The quantitative estimate of drug-likeness (QED) is 0.650. The van der Waals surface area contributed by atoms with Crippen LogP contribution in [0, 0.1) is 11.7 Å². The number of aromatic nitrogens is 1. The first-order valence-electron chi connectivity index (χ1n) is 5.27. The molecule has 1 heterocycles. The topological polar surface area (TPSA) is 12.9 Å². The molecule has 0 N–H and O–H groups in total. The van der Waals surface area contributed by atoms with Gasteiger partial charge in [-0.15, -0.1) is 0 Å². The third-order valence-corrected chi connectivity index (χ3v) is 3.23. The van der Waals surface area contributed by atoms with Crippen molar-refractivity contribution in [3.8, 4) is 0 Å². The van der Waals surface area contributed by atoms with Gasteiger partial charge in [0.2, 0.25) is 0 Å². The molecule has 1 aromatic rings. The Morgan fingerprint density at radius 2 is 2.12 bits per heavy atom. The zero-order valence-electron chi connectivity index (χ0n) is 8.84. The standard InChI is InChI=1S/C11H11F4NS/c12-9-4-7(11(13,14)15)5-16-10(9)8-3-6(8)1-2-17/h4-6,8,17H,1-3H2/t6-,8-/m0/s1. The fourth-order valence-corrected chi connectivity index (χ4v) is 2.28. The summed E-state index contributed by atoms with van der Waals surface area (Å²) in [5.74, 6) is 0.117. The molecule has 1 aromatic heterocycles. The van der Waals surface area contributed by atoms with E-state index < -0.39 is 17.6 Å². The summed E-state index contributed by atoms with van der Waals surface area (Å²) in [4.78, 5) is 3.62. The van der Waals surface area contributed by atoms with Crippen molar-refractivity contribution in [2.24, 2.45) is 5.92 Å². The van der Waals surface area contributed by atoms with Gasteiger partial charge in [-0.25, -0.2) is 4.39 Å². The zero-order chi connectivity index (χ0) is 12.6. The molecule has 1 fully saturated rings. The fourth-order valence-electron chi connectivity index (χ4n) is 1.94. The predicted molar refractivity (Wildman–Crippen MR) is 58.5 cm³/mol. The summed E-state index contributed by atoms with van der Waals surface area (Å²) < 4.78 is 50.4. The molecule has 1 aliphatic rings. The van der Waals surface area contributed by atoms with Crippen molar-refractivity contribution in [1.29, 1.82) is 0 Å². The van der Waals surface area contributed by atoms with Crippen molar-refractivity contribution in [1.82, 2.24) is 4.98 Å². The first-order valence-corrected chi connectivity index (χ1v) is 5.90. The van der Waals surface area contributed by atoms with Crippen molar-refractivity contribution in [2.75, 3.05) is 5.75 Å². The van der Waals surface area contributed by atoms with E-state index in [1.165, 1.54) is 0 Å². The van der Waals surface area contributed by atoms with Crippen LogP contribution in [0.2, 0.25) is 0 Å². The minimum atomic E-state index is -4.54. The van der Waals surface area contributed by atoms with Crippen LogP contribution in [-0.2, 0) is 6.18 Å². The summed E-state index contributed by atoms with van der Waals surface area (Å²) >= 11 is 4.07. The molecule has 0 saturated heterocycles. The molecule has 0 amide bonds. The van der Waals surface area contributed by atoms with E-state index in [0.717, 1.165) is 12.8 Å². The van der Waals surface area contributed by atoms with Crippen LogP contribution in [0.25, 0.3) is 0 Å². The second-order valence-corrected chi connectivity index (χ2v) is 4.65. The normalized spacial score (nSPS) is 23.8. The summed E-state index contributed by atoms with van der Waals surface area (Å²) in [5.41, 5.74) is -0.880. The Kier molecular flexibility index (Phi) is 3.34. The Morgan fingerprint density at radius 3 is 2.65 bits per heavy atom. The first-order chi connectivity index (χ1) is 7.93. The minimum absolute atomic E-state index is 0.0376. The Labute approximate surface area is 102 Å². The summed E-state index contributed by atoms with van der Waals surface area (Å²) in [6.45, 7) is 0. The predicted octanol–water partition coefficient (Wildman–Crippen LogP) is 3.66. The number of nitrogens with zero attached hydrogens (tertiary/aromatic N) is 1. The number of pyridine rings is 1. The molecule has 6 heteroatoms. The molecule has 94 valence electrons. The van der Waals surface area contributed by atoms with Crippen LogP contribution in [0.4, 0.5) is 17.6 Å². The Bertz CT molecular complexity index is 418. The molecule has 0 radical (unpaired) electrons. The minimum Gasteiger partial charge on any atom is -0.257 e. The lowest BCUT2D eigenvalue weighted by molar-refractivity contribution is -0.138. The average molecular weight is 265 g/mol. The van der Waals surface area contributed by atoms with Crippen molar-refractivity contribution in [3.63, 3.8) is 0 Å². The van der Waals surface area contributed by atoms with Gasteiger partial charge in [-0.3, -0.25) is 4.98 Å². The highest BCUT2D eigenvalue weighted by Gasteiger charge is 2.41. The highest BCUT2D eigenvalue weighted by atomic mass is 32.1. The van der Waals surface area contributed by atoms with E-state index in [2.05, 4.69) is 17.6 Å². The van der Waals surface area contributed by atoms with Crippen molar-refractivity contribution in [3.05, 3.63) is 29.3 Å². The van der Waals surface area contributed by atoms with Gasteiger partial charge in [0, 0.05) is 12.1 Å². The zero-order valence-corrected chi connectivity index (χ0v) is 9.73. The summed E-state index contributed by atoms with van der Waals surface area (Å²) in [6, 6.07) is 0.526. The van der Waals surface area contributed by atoms with Gasteiger partial charge in [0.15, 0.2) is 0 Å². The maximum atomic E-state index is 13.5. The van der Waals surface area contributed by atoms with Gasteiger partial charge in [-0.1, -0.05) is 0 Å². The van der Waals surface area contributed by atoms with Crippen molar-refractivity contribution < 1.29 is 17.6 Å². The lowest BCUT2D eigenvalue weighted by Crippen LogP contribution is -2.08. The largest absolute Gasteiger partial charge is 0.417 e. The molecular weight excluding hydrogens is 254 g/mol. The Hall–Kier alpha value is -0.780. The third kappa shape index (κ3) is 2.73. The number of alkyl halides is 3. The SMILES string of the molecule is Fc1cc(C(F)(F)F)cnc1[C@H]1C[C@@H]1CCS. The molecule has 1 saturated carbocycles. The lowest BCUT2D eigenvalue weighted by Gasteiger charge is -2.08. The van der Waals surface area contributed by atoms with Crippen molar-refractivity contribution >= 4 is 12.6 Å². The highest BCUT2D eigenvalue weighted by Crippen LogP contribution is 2.49. The Balaban J connectivity index is 2.17. The maximum Gasteiger partial charge on any atom is 0.417 e. The summed E-state index contributed by atoms with van der Waals surface area (Å²) in [7, 11) is 0. The van der Waals surface area contributed by atoms with Gasteiger partial charge in [-0.05, 0) is 30.6 Å². The highest BCUT2D eigenvalue weighted by molar-refractivity contribution is 7.80. The molecule has 1 nitrogen and oxygen atoms in total. The van der Waals surface area contributed by atoms with E-state index >= 15 is 0 Å². The Morgan fingerprint density at radius 1 is 1.41 bits per heavy atom. The van der Waals surface area contributed by atoms with Crippen molar-refractivity contribution in [2.45, 2.75) is 24.9 Å². The molecular formula is C11H11F4NS. The number of rotatable bonds is 3. The smallest absolute Gasteiger partial charge is 0.257 e. The van der Waals surface area contributed by atoms with Gasteiger partial charge in [0.25, 0.3) is 0 Å². The van der Waals surface area contributed by atoms with Crippen LogP contribution < -0.4 is 0 Å². The number of thiol groups is 1. The third-order valence-electron chi connectivity index (χ3n) is 2.97. The van der Waals surface area contributed by atoms with E-state index in [4.69, 9.17) is 0 Å². The summed E-state index contributed by atoms with van der Waals surface area (Å²) in [6.07, 6.45) is -2.21. The molecule has 0 aromatic carbocycles. The second kappa shape index (κ2) is 4.48. The first kappa shape index (κ1) is 12.7. The summed E-state index contributed by atoms with van der Waals surface area (Å²) in [5, 5.41) is 0. The maximum absolute atomic E-state index is 13.5. The van der Waals surface area contributed by atoms with E-state index in [-0.39, 0.29) is 11.6 Å². The molecule has 0 unspecified atom stereocenters. The van der Waals surface area contributed by atoms with E-state index in [9.17, 15) is 17.6 Å². The van der Waals surface area contributed by atoms with Crippen LogP contribution >= 0.6 is 12.6 Å². The number of hydrogen-bond donors (Lipinski definition) is 1. The molecule has 0 aliphatic heterocycles. The fraction of sp³-hybridized carbons (Fsp3) is 0.545. The van der Waals surface area contributed by atoms with Crippen LogP contribution in [-0.4, -0.2) is 10.7 Å². The van der Waals surface area contributed by atoms with Gasteiger partial charge >= 0.3 is 6.18 Å². The van der Waals surface area contributed by atoms with E-state index in [1.807, 2.05) is 0 Å². The number of hydrogen-bond acceptors (Lipinski definition) is 2. The average Bonchev–Trinajstić information content (AvgIpc) is 2.96. The molecule has 0 spiro atoms. The molecule has 2 atom stereocenters. The molecule has 2 rings (SSSR count). The van der Waals surface area contributed by atoms with Crippen LogP contribution in [0.15, 0.2) is 12.3 Å². The van der Waals surface area contributed by atoms with E-state index in [0.29, 0.717) is 23.9 Å². The van der Waals surface area contributed by atoms with Gasteiger partial charge in [-0.2, -0.15) is 25.8 Å². The van der Waals surface area contributed by atoms with Gasteiger partial charge < -0.3 is 0 Å². The van der Waals surface area contributed by atoms with E-state index in [1.54, 1.807) is 0 Å². The van der Waals surface area contributed by atoms with Gasteiger partial charge in [0.05, 0.1) is 11.3 Å². The van der Waals surface area contributed by atoms with Crippen LogP contribution in [0.5, 0.6) is 0 Å². The molecule has 0 bridgehead atoms. The van der Waals surface area contributed by atoms with Gasteiger partial charge in [0.1, 0.15) is 5.82 Å². The van der Waals surface area contributed by atoms with Crippen LogP contribution in [0.3, 0.4) is 0 Å². The monoisotopic (exact) mass is 265 g/mol. The molecule has 17 heavy (non-hydrogen) atoms. The van der Waals surface area contributed by atoms with Crippen LogP contribution in [0.1, 0.15) is 30.0 Å².